The maximum absolute atomic E-state index is 12.8. The molecule has 0 saturated carbocycles. The minimum absolute atomic E-state index is 0.0642. The van der Waals surface area contributed by atoms with E-state index >= 15 is 0 Å². The molecule has 2 rings (SSSR count). The second kappa shape index (κ2) is 5.09. The van der Waals surface area contributed by atoms with E-state index in [4.69, 9.17) is 0 Å². The van der Waals surface area contributed by atoms with Gasteiger partial charge in [0.05, 0.1) is 12.1 Å². The van der Waals surface area contributed by atoms with Crippen LogP contribution in [0.4, 0.5) is 4.39 Å². The van der Waals surface area contributed by atoms with Gasteiger partial charge in [-0.15, -0.1) is 0 Å². The van der Waals surface area contributed by atoms with Crippen LogP contribution >= 0.6 is 0 Å². The van der Waals surface area contributed by atoms with E-state index in [9.17, 15) is 19.1 Å². The third-order valence-corrected chi connectivity index (χ3v) is 2.87. The van der Waals surface area contributed by atoms with Crippen LogP contribution in [0.5, 0.6) is 5.88 Å². The highest BCUT2D eigenvalue weighted by Crippen LogP contribution is 2.13. The molecule has 0 fully saturated rings. The largest absolute Gasteiger partial charge is 0.494 e. The minimum atomic E-state index is -0.691. The molecule has 2 aromatic rings. The van der Waals surface area contributed by atoms with Crippen molar-refractivity contribution in [2.45, 2.75) is 19.9 Å². The van der Waals surface area contributed by atoms with Crippen LogP contribution in [0.2, 0.25) is 0 Å². The van der Waals surface area contributed by atoms with Crippen LogP contribution in [0.15, 0.2) is 33.9 Å². The molecule has 2 N–H and O–H groups in total. The van der Waals surface area contributed by atoms with Gasteiger partial charge >= 0.3 is 5.69 Å². The molecular formula is C13H13FN2O3. The summed E-state index contributed by atoms with van der Waals surface area (Å²) >= 11 is 0. The fraction of sp³-hybridized carbons (Fsp3) is 0.231. The quantitative estimate of drug-likeness (QED) is 0.868. The Morgan fingerprint density at radius 3 is 2.47 bits per heavy atom. The van der Waals surface area contributed by atoms with E-state index in [0.717, 1.165) is 4.57 Å². The molecule has 0 aliphatic carbocycles. The lowest BCUT2D eigenvalue weighted by Gasteiger charge is -2.10. The molecule has 0 unspecified atom stereocenters. The molecule has 0 aliphatic rings. The fourth-order valence-corrected chi connectivity index (χ4v) is 1.84. The summed E-state index contributed by atoms with van der Waals surface area (Å²) in [6, 6.07) is 5.56. The number of H-pyrrole nitrogens is 1. The number of halogens is 1. The number of hydrogen-bond acceptors (Lipinski definition) is 3. The Balaban J connectivity index is 2.48. The van der Waals surface area contributed by atoms with Gasteiger partial charge in [-0.05, 0) is 24.1 Å². The number of benzene rings is 1. The molecule has 0 atom stereocenters. The summed E-state index contributed by atoms with van der Waals surface area (Å²) < 4.78 is 13.8. The number of hydrogen-bond donors (Lipinski definition) is 2. The molecule has 1 aromatic carbocycles. The van der Waals surface area contributed by atoms with Crippen LogP contribution in [0.25, 0.3) is 0 Å². The molecule has 0 spiro atoms. The van der Waals surface area contributed by atoms with Gasteiger partial charge in [0.1, 0.15) is 5.82 Å². The first-order valence-corrected chi connectivity index (χ1v) is 5.82. The van der Waals surface area contributed by atoms with Crippen LogP contribution in [0, 0.1) is 5.82 Å². The van der Waals surface area contributed by atoms with Gasteiger partial charge in [0.2, 0.25) is 5.88 Å². The van der Waals surface area contributed by atoms with Crippen molar-refractivity contribution in [2.24, 2.45) is 0 Å². The van der Waals surface area contributed by atoms with E-state index in [1.165, 1.54) is 24.3 Å². The van der Waals surface area contributed by atoms with Gasteiger partial charge in [0.25, 0.3) is 5.56 Å². The second-order valence-corrected chi connectivity index (χ2v) is 4.13. The summed E-state index contributed by atoms with van der Waals surface area (Å²) in [5.41, 5.74) is -0.473. The topological polar surface area (TPSA) is 75.1 Å². The second-order valence-electron chi connectivity index (χ2n) is 4.13. The van der Waals surface area contributed by atoms with Crippen molar-refractivity contribution < 1.29 is 9.50 Å². The predicted octanol–water partition coefficient (Wildman–Crippen LogP) is 0.992. The summed E-state index contributed by atoms with van der Waals surface area (Å²) in [4.78, 5) is 25.3. The summed E-state index contributed by atoms with van der Waals surface area (Å²) in [5.74, 6) is -0.725. The lowest BCUT2D eigenvalue weighted by molar-refractivity contribution is 0.402. The van der Waals surface area contributed by atoms with Crippen LogP contribution in [0.1, 0.15) is 18.1 Å². The summed E-state index contributed by atoms with van der Waals surface area (Å²) in [5, 5.41) is 9.94. The maximum atomic E-state index is 12.8. The van der Waals surface area contributed by atoms with Crippen molar-refractivity contribution in [3.05, 3.63) is 62.0 Å². The zero-order valence-electron chi connectivity index (χ0n) is 10.3. The van der Waals surface area contributed by atoms with E-state index in [2.05, 4.69) is 4.98 Å². The molecule has 0 bridgehead atoms. The summed E-state index contributed by atoms with van der Waals surface area (Å²) in [7, 11) is 0. The van der Waals surface area contributed by atoms with E-state index in [0.29, 0.717) is 12.0 Å². The summed E-state index contributed by atoms with van der Waals surface area (Å²) in [6.45, 7) is 1.77. The Kier molecular flexibility index (Phi) is 3.50. The van der Waals surface area contributed by atoms with Crippen molar-refractivity contribution in [1.82, 2.24) is 9.55 Å². The average molecular weight is 264 g/mol. The van der Waals surface area contributed by atoms with Crippen molar-refractivity contribution in [2.75, 3.05) is 0 Å². The Morgan fingerprint density at radius 2 is 1.89 bits per heavy atom. The minimum Gasteiger partial charge on any atom is -0.494 e. The standard InChI is InChI=1S/C13H13FN2O3/c1-2-10-11(17)15-13(19)16(12(10)18)7-8-3-5-9(14)6-4-8/h3-6,18H,2,7H2,1H3,(H,15,17,19). The van der Waals surface area contributed by atoms with E-state index in [1.807, 2.05) is 0 Å². The molecule has 5 nitrogen and oxygen atoms in total. The predicted molar refractivity (Wildman–Crippen MR) is 67.9 cm³/mol. The number of nitrogens with zero attached hydrogens (tertiary/aromatic N) is 1. The zero-order valence-corrected chi connectivity index (χ0v) is 10.3. The van der Waals surface area contributed by atoms with Gasteiger partial charge < -0.3 is 5.11 Å². The van der Waals surface area contributed by atoms with Crippen molar-refractivity contribution in [1.29, 1.82) is 0 Å². The SMILES string of the molecule is CCc1c(O)n(Cc2ccc(F)cc2)c(=O)[nH]c1=O. The Hall–Kier alpha value is -2.37. The van der Waals surface area contributed by atoms with Crippen LogP contribution in [-0.2, 0) is 13.0 Å². The van der Waals surface area contributed by atoms with Crippen LogP contribution < -0.4 is 11.2 Å². The monoisotopic (exact) mass is 264 g/mol. The van der Waals surface area contributed by atoms with Crippen LogP contribution in [0.3, 0.4) is 0 Å². The number of nitrogens with one attached hydrogen (secondary N) is 1. The zero-order chi connectivity index (χ0) is 14.0. The highest BCUT2D eigenvalue weighted by Gasteiger charge is 2.12. The third kappa shape index (κ3) is 2.57. The van der Waals surface area contributed by atoms with E-state index in [1.54, 1.807) is 6.92 Å². The molecule has 0 aliphatic heterocycles. The summed E-state index contributed by atoms with van der Waals surface area (Å²) in [6.07, 6.45) is 0.310. The van der Waals surface area contributed by atoms with Gasteiger partial charge in [0, 0.05) is 0 Å². The Labute approximate surface area is 108 Å². The molecule has 0 amide bonds. The van der Waals surface area contributed by atoms with E-state index in [-0.39, 0.29) is 23.8 Å². The van der Waals surface area contributed by atoms with Crippen molar-refractivity contribution in [3.8, 4) is 5.88 Å². The number of aromatic nitrogens is 2. The normalized spacial score (nSPS) is 10.6. The molecule has 1 aromatic heterocycles. The Morgan fingerprint density at radius 1 is 1.26 bits per heavy atom. The molecule has 1 heterocycles. The van der Waals surface area contributed by atoms with Gasteiger partial charge in [-0.25, -0.2) is 9.18 Å². The third-order valence-electron chi connectivity index (χ3n) is 2.87. The Bertz CT molecular complexity index is 701. The fourth-order valence-electron chi connectivity index (χ4n) is 1.84. The number of aromatic hydroxyl groups is 1. The van der Waals surface area contributed by atoms with Gasteiger partial charge in [0.15, 0.2) is 0 Å². The number of aromatic amines is 1. The number of rotatable bonds is 3. The van der Waals surface area contributed by atoms with Crippen LogP contribution in [-0.4, -0.2) is 14.7 Å². The highest BCUT2D eigenvalue weighted by molar-refractivity contribution is 5.24. The van der Waals surface area contributed by atoms with Gasteiger partial charge in [-0.3, -0.25) is 14.3 Å². The van der Waals surface area contributed by atoms with Gasteiger partial charge in [-0.1, -0.05) is 19.1 Å². The van der Waals surface area contributed by atoms with E-state index < -0.39 is 11.2 Å². The lowest BCUT2D eigenvalue weighted by atomic mass is 10.2. The van der Waals surface area contributed by atoms with Crippen molar-refractivity contribution >= 4 is 0 Å². The lowest BCUT2D eigenvalue weighted by Crippen LogP contribution is -2.32. The molecule has 100 valence electrons. The molecule has 6 heteroatoms. The molecule has 0 radical (unpaired) electrons. The molecule has 19 heavy (non-hydrogen) atoms. The first kappa shape index (κ1) is 13.1. The first-order chi connectivity index (χ1) is 9.02. The highest BCUT2D eigenvalue weighted by atomic mass is 19.1. The first-order valence-electron chi connectivity index (χ1n) is 5.82. The van der Waals surface area contributed by atoms with Gasteiger partial charge in [-0.2, -0.15) is 0 Å². The molecule has 0 saturated heterocycles. The molecular weight excluding hydrogens is 251 g/mol. The smallest absolute Gasteiger partial charge is 0.331 e. The average Bonchev–Trinajstić information content (AvgIpc) is 2.37. The van der Waals surface area contributed by atoms with Crippen molar-refractivity contribution in [3.63, 3.8) is 0 Å². The maximum Gasteiger partial charge on any atom is 0.331 e.